The number of methoxy groups -OCH3 is 1. The lowest BCUT2D eigenvalue weighted by atomic mass is 9.54. The fraction of sp³-hybridized carbons (Fsp3) is 0.941. The van der Waals surface area contributed by atoms with Gasteiger partial charge in [0.05, 0.1) is 7.11 Å². The van der Waals surface area contributed by atoms with Crippen molar-refractivity contribution in [2.75, 3.05) is 7.11 Å². The van der Waals surface area contributed by atoms with Crippen LogP contribution in [-0.2, 0) is 9.53 Å². The third kappa shape index (κ3) is 2.49. The van der Waals surface area contributed by atoms with E-state index in [2.05, 4.69) is 19.2 Å². The maximum absolute atomic E-state index is 12.1. The van der Waals surface area contributed by atoms with E-state index in [-0.39, 0.29) is 12.0 Å². The number of hydrogen-bond donors (Lipinski definition) is 1. The lowest BCUT2D eigenvalue weighted by molar-refractivity contribution is -0.145. The van der Waals surface area contributed by atoms with E-state index in [4.69, 9.17) is 4.74 Å². The molecule has 3 heteroatoms. The van der Waals surface area contributed by atoms with E-state index in [1.165, 1.54) is 39.2 Å². The van der Waals surface area contributed by atoms with Crippen LogP contribution in [0.4, 0.5) is 0 Å². The second-order valence-electron chi connectivity index (χ2n) is 7.51. The highest BCUT2D eigenvalue weighted by atomic mass is 16.5. The van der Waals surface area contributed by atoms with E-state index in [1.807, 2.05) is 0 Å². The van der Waals surface area contributed by atoms with Crippen LogP contribution in [0.15, 0.2) is 0 Å². The molecule has 20 heavy (non-hydrogen) atoms. The maximum atomic E-state index is 12.1. The topological polar surface area (TPSA) is 38.3 Å². The molecule has 4 rings (SSSR count). The van der Waals surface area contributed by atoms with Crippen LogP contribution >= 0.6 is 0 Å². The first kappa shape index (κ1) is 14.4. The van der Waals surface area contributed by atoms with Crippen molar-refractivity contribution in [3.63, 3.8) is 0 Å². The molecule has 0 radical (unpaired) electrons. The molecule has 0 aromatic rings. The number of hydrogen-bond acceptors (Lipinski definition) is 3. The average Bonchev–Trinajstić information content (AvgIpc) is 2.44. The molecule has 0 aromatic heterocycles. The Kier molecular flexibility index (Phi) is 4.07. The minimum Gasteiger partial charge on any atom is -0.468 e. The van der Waals surface area contributed by atoms with Crippen LogP contribution < -0.4 is 5.32 Å². The van der Waals surface area contributed by atoms with Gasteiger partial charge in [0.2, 0.25) is 0 Å². The highest BCUT2D eigenvalue weighted by Crippen LogP contribution is 2.53. The smallest absolute Gasteiger partial charge is 0.323 e. The van der Waals surface area contributed by atoms with Gasteiger partial charge in [-0.1, -0.05) is 20.3 Å². The minimum atomic E-state index is -0.118. The lowest BCUT2D eigenvalue weighted by Crippen LogP contribution is -2.59. The number of esters is 1. The van der Waals surface area contributed by atoms with Crippen LogP contribution in [0.2, 0.25) is 0 Å². The molecule has 2 atom stereocenters. The molecule has 4 aliphatic rings. The van der Waals surface area contributed by atoms with E-state index < -0.39 is 0 Å². The first-order chi connectivity index (χ1) is 9.62. The molecule has 114 valence electrons. The summed E-state index contributed by atoms with van der Waals surface area (Å²) in [6, 6.07) is 0.438. The highest BCUT2D eigenvalue weighted by Gasteiger charge is 2.49. The predicted molar refractivity (Wildman–Crippen MR) is 79.2 cm³/mol. The summed E-state index contributed by atoms with van der Waals surface area (Å²) in [6.07, 6.45) is 8.04. The molecule has 0 amide bonds. The van der Waals surface area contributed by atoms with Gasteiger partial charge in [0.1, 0.15) is 6.04 Å². The molecule has 0 heterocycles. The van der Waals surface area contributed by atoms with Crippen molar-refractivity contribution in [2.45, 2.75) is 64.5 Å². The van der Waals surface area contributed by atoms with Crippen molar-refractivity contribution >= 4 is 5.97 Å². The van der Waals surface area contributed by atoms with Crippen LogP contribution in [0.1, 0.15) is 52.4 Å². The summed E-state index contributed by atoms with van der Waals surface area (Å²) in [7, 11) is 1.51. The van der Waals surface area contributed by atoms with E-state index in [0.717, 1.165) is 30.1 Å². The third-order valence-corrected chi connectivity index (χ3v) is 6.27. The van der Waals surface area contributed by atoms with E-state index in [9.17, 15) is 4.79 Å². The Bertz CT molecular complexity index is 340. The standard InChI is InChI=1S/C17H29NO2/c1-4-10(2)15(17(19)20-3)18-16-13-6-11-5-12(8-13)9-14(16)7-11/h10-16,18H,4-9H2,1-3H3. The van der Waals surface area contributed by atoms with Gasteiger partial charge in [-0.25, -0.2) is 0 Å². The molecule has 4 bridgehead atoms. The summed E-state index contributed by atoms with van der Waals surface area (Å²) >= 11 is 0. The van der Waals surface area contributed by atoms with Crippen LogP contribution in [0.5, 0.6) is 0 Å². The van der Waals surface area contributed by atoms with Crippen molar-refractivity contribution in [2.24, 2.45) is 29.6 Å². The number of carbonyl (C=O) groups excluding carboxylic acids is 1. The Morgan fingerprint density at radius 3 is 2.15 bits per heavy atom. The predicted octanol–water partition coefficient (Wildman–Crippen LogP) is 2.99. The largest absolute Gasteiger partial charge is 0.468 e. The molecule has 0 aromatic carbocycles. The van der Waals surface area contributed by atoms with Crippen LogP contribution in [-0.4, -0.2) is 25.2 Å². The summed E-state index contributed by atoms with van der Waals surface area (Å²) < 4.78 is 5.03. The van der Waals surface area contributed by atoms with Crippen molar-refractivity contribution in [3.05, 3.63) is 0 Å². The highest BCUT2D eigenvalue weighted by molar-refractivity contribution is 5.76. The van der Waals surface area contributed by atoms with Gasteiger partial charge in [-0.2, -0.15) is 0 Å². The average molecular weight is 279 g/mol. The Hall–Kier alpha value is -0.570. The molecule has 2 unspecified atom stereocenters. The summed E-state index contributed by atoms with van der Waals surface area (Å²) in [5.74, 6) is 3.85. The van der Waals surface area contributed by atoms with Gasteiger partial charge in [-0.05, 0) is 61.7 Å². The van der Waals surface area contributed by atoms with Crippen LogP contribution in [0, 0.1) is 29.6 Å². The fourth-order valence-corrected chi connectivity index (χ4v) is 5.23. The van der Waals surface area contributed by atoms with Gasteiger partial charge in [-0.15, -0.1) is 0 Å². The summed E-state index contributed by atoms with van der Waals surface area (Å²) in [4.78, 5) is 12.1. The van der Waals surface area contributed by atoms with Gasteiger partial charge in [-0.3, -0.25) is 4.79 Å². The zero-order valence-corrected chi connectivity index (χ0v) is 13.1. The summed E-state index contributed by atoms with van der Waals surface area (Å²) in [5.41, 5.74) is 0. The molecule has 4 saturated carbocycles. The van der Waals surface area contributed by atoms with Gasteiger partial charge >= 0.3 is 5.97 Å². The lowest BCUT2D eigenvalue weighted by Gasteiger charge is -2.55. The van der Waals surface area contributed by atoms with E-state index in [0.29, 0.717) is 12.0 Å². The molecule has 3 nitrogen and oxygen atoms in total. The third-order valence-electron chi connectivity index (χ3n) is 6.27. The van der Waals surface area contributed by atoms with Gasteiger partial charge in [0.15, 0.2) is 0 Å². The Labute approximate surface area is 122 Å². The Balaban J connectivity index is 1.70. The van der Waals surface area contributed by atoms with Crippen LogP contribution in [0.25, 0.3) is 0 Å². The van der Waals surface area contributed by atoms with Crippen LogP contribution in [0.3, 0.4) is 0 Å². The minimum absolute atomic E-state index is 0.0758. The van der Waals surface area contributed by atoms with Crippen molar-refractivity contribution < 1.29 is 9.53 Å². The Morgan fingerprint density at radius 1 is 1.15 bits per heavy atom. The molecule has 0 saturated heterocycles. The van der Waals surface area contributed by atoms with Crippen molar-refractivity contribution in [1.82, 2.24) is 5.32 Å². The summed E-state index contributed by atoms with van der Waals surface area (Å²) in [5, 5.41) is 3.73. The maximum Gasteiger partial charge on any atom is 0.323 e. The monoisotopic (exact) mass is 279 g/mol. The molecule has 1 N–H and O–H groups in total. The molecule has 4 fully saturated rings. The zero-order valence-electron chi connectivity index (χ0n) is 13.1. The first-order valence-corrected chi connectivity index (χ1v) is 8.46. The van der Waals surface area contributed by atoms with Gasteiger partial charge < -0.3 is 10.1 Å². The first-order valence-electron chi connectivity index (χ1n) is 8.46. The SMILES string of the molecule is CCC(C)C(NC1C2CC3CC(C2)CC1C3)C(=O)OC. The normalized spacial score (nSPS) is 41.5. The van der Waals surface area contributed by atoms with Crippen molar-refractivity contribution in [3.8, 4) is 0 Å². The quantitative estimate of drug-likeness (QED) is 0.786. The molecule has 0 aliphatic heterocycles. The number of carbonyl (C=O) groups is 1. The zero-order chi connectivity index (χ0) is 14.3. The summed E-state index contributed by atoms with van der Waals surface area (Å²) in [6.45, 7) is 4.31. The van der Waals surface area contributed by atoms with E-state index >= 15 is 0 Å². The molecular formula is C17H29NO2. The second-order valence-corrected chi connectivity index (χ2v) is 7.51. The number of rotatable bonds is 5. The van der Waals surface area contributed by atoms with Gasteiger partial charge in [0, 0.05) is 6.04 Å². The molecule has 0 spiro atoms. The molecule has 4 aliphatic carbocycles. The fourth-order valence-electron chi connectivity index (χ4n) is 5.23. The van der Waals surface area contributed by atoms with Gasteiger partial charge in [0.25, 0.3) is 0 Å². The molecular weight excluding hydrogens is 250 g/mol. The number of nitrogens with one attached hydrogen (secondary N) is 1. The number of ether oxygens (including phenoxy) is 1. The second kappa shape index (κ2) is 5.67. The van der Waals surface area contributed by atoms with E-state index in [1.54, 1.807) is 0 Å². The Morgan fingerprint density at radius 2 is 1.70 bits per heavy atom. The van der Waals surface area contributed by atoms with Crippen molar-refractivity contribution in [1.29, 1.82) is 0 Å².